The van der Waals surface area contributed by atoms with Gasteiger partial charge in [-0.2, -0.15) is 8.61 Å². The first kappa shape index (κ1) is 29.9. The van der Waals surface area contributed by atoms with Crippen molar-refractivity contribution in [2.45, 2.75) is 35.8 Å². The summed E-state index contributed by atoms with van der Waals surface area (Å²) in [7, 11) is -3.44. The molecule has 0 radical (unpaired) electrons. The zero-order valence-corrected chi connectivity index (χ0v) is 23.8. The van der Waals surface area contributed by atoms with E-state index in [1.54, 1.807) is 32.0 Å². The predicted octanol–water partition coefficient (Wildman–Crippen LogP) is 1.78. The van der Waals surface area contributed by atoms with E-state index in [2.05, 4.69) is 11.8 Å². The minimum Gasteiger partial charge on any atom is -0.497 e. The number of likely N-dealkylation sites (N-methyl/N-ethyl adjacent to an activating group) is 1. The Morgan fingerprint density at radius 1 is 1.21 bits per heavy atom. The third-order valence-corrected chi connectivity index (χ3v) is 10.2. The first-order valence-corrected chi connectivity index (χ1v) is 14.8. The van der Waals surface area contributed by atoms with Gasteiger partial charge in [0.25, 0.3) is 0 Å². The van der Waals surface area contributed by atoms with Crippen LogP contribution < -0.4 is 9.47 Å². The van der Waals surface area contributed by atoms with Crippen molar-refractivity contribution in [2.75, 3.05) is 47.6 Å². The molecule has 2 aromatic rings. The van der Waals surface area contributed by atoms with Crippen molar-refractivity contribution >= 4 is 20.0 Å². The fraction of sp³-hybridized carbons (Fsp3) is 0.462. The Labute approximate surface area is 225 Å². The van der Waals surface area contributed by atoms with Crippen LogP contribution in [0.1, 0.15) is 19.4 Å². The van der Waals surface area contributed by atoms with Crippen molar-refractivity contribution in [1.29, 1.82) is 0 Å². The minimum absolute atomic E-state index is 0.0278. The lowest BCUT2D eigenvalue weighted by Crippen LogP contribution is -2.50. The minimum atomic E-state index is -4.03. The molecule has 208 valence electrons. The van der Waals surface area contributed by atoms with Crippen LogP contribution in [0, 0.1) is 17.8 Å². The van der Waals surface area contributed by atoms with E-state index in [9.17, 15) is 21.9 Å². The first-order chi connectivity index (χ1) is 17.9. The maximum absolute atomic E-state index is 13.6. The molecule has 0 aromatic heterocycles. The Kier molecular flexibility index (Phi) is 9.80. The van der Waals surface area contributed by atoms with Crippen LogP contribution in [0.3, 0.4) is 0 Å². The number of aliphatic hydroxyl groups excluding tert-OH is 1. The Hall–Kier alpha value is -2.66. The SMILES string of the molecule is COCC#Cc1ccc2c(c1)O[C@H](CN(C)S(=O)(=O)c1ccc(OC)cc1)[C@H](C)CN([C@@H](C)CO)S2(=O)=O. The van der Waals surface area contributed by atoms with Gasteiger partial charge in [0.15, 0.2) is 0 Å². The van der Waals surface area contributed by atoms with Crippen LogP contribution in [0.4, 0.5) is 0 Å². The molecule has 0 aliphatic carbocycles. The van der Waals surface area contributed by atoms with E-state index in [0.717, 1.165) is 0 Å². The highest BCUT2D eigenvalue weighted by Crippen LogP contribution is 2.34. The Morgan fingerprint density at radius 2 is 1.89 bits per heavy atom. The number of hydrogen-bond donors (Lipinski definition) is 1. The standard InChI is InChI=1S/C26H34N2O8S2/c1-19-16-28(20(2)18-29)38(32,33)26-13-8-21(7-6-14-34-4)15-24(26)36-25(19)17-27(3)37(30,31)23-11-9-22(35-5)10-12-23/h8-13,15,19-20,25,29H,14,16-18H2,1-5H3/t19-,20+,25-/m1/s1. The van der Waals surface area contributed by atoms with Crippen molar-refractivity contribution in [3.05, 3.63) is 48.0 Å². The van der Waals surface area contributed by atoms with Gasteiger partial charge in [-0.1, -0.05) is 18.8 Å². The fourth-order valence-electron chi connectivity index (χ4n) is 4.01. The number of nitrogens with zero attached hydrogens (tertiary/aromatic N) is 2. The lowest BCUT2D eigenvalue weighted by atomic mass is 10.0. The molecule has 1 aliphatic rings. The number of aliphatic hydroxyl groups is 1. The lowest BCUT2D eigenvalue weighted by Gasteiger charge is -2.37. The topological polar surface area (TPSA) is 123 Å². The molecule has 3 atom stereocenters. The van der Waals surface area contributed by atoms with Gasteiger partial charge < -0.3 is 19.3 Å². The Balaban J connectivity index is 2.02. The van der Waals surface area contributed by atoms with Gasteiger partial charge in [0.1, 0.15) is 29.1 Å². The Morgan fingerprint density at radius 3 is 2.50 bits per heavy atom. The van der Waals surface area contributed by atoms with Gasteiger partial charge in [-0.05, 0) is 49.4 Å². The molecule has 0 fully saturated rings. The van der Waals surface area contributed by atoms with Crippen LogP contribution in [0.15, 0.2) is 52.3 Å². The summed E-state index contributed by atoms with van der Waals surface area (Å²) in [5.41, 5.74) is 0.518. The fourth-order valence-corrected chi connectivity index (χ4v) is 7.02. The molecule has 0 saturated carbocycles. The first-order valence-electron chi connectivity index (χ1n) is 12.0. The summed E-state index contributed by atoms with van der Waals surface area (Å²) in [4.78, 5) is 0.0150. The summed E-state index contributed by atoms with van der Waals surface area (Å²) in [6.45, 7) is 3.21. The van der Waals surface area contributed by atoms with Gasteiger partial charge in [0.05, 0.1) is 25.2 Å². The number of sulfonamides is 2. The molecule has 10 nitrogen and oxygen atoms in total. The van der Waals surface area contributed by atoms with E-state index < -0.39 is 38.1 Å². The molecule has 0 bridgehead atoms. The molecule has 0 unspecified atom stereocenters. The summed E-state index contributed by atoms with van der Waals surface area (Å²) in [6, 6.07) is 9.88. The molecule has 38 heavy (non-hydrogen) atoms. The van der Waals surface area contributed by atoms with Crippen molar-refractivity contribution in [1.82, 2.24) is 8.61 Å². The molecular formula is C26H34N2O8S2. The third-order valence-electron chi connectivity index (χ3n) is 6.32. The summed E-state index contributed by atoms with van der Waals surface area (Å²) < 4.78 is 72.5. The van der Waals surface area contributed by atoms with E-state index in [4.69, 9.17) is 14.2 Å². The zero-order chi connectivity index (χ0) is 28.1. The Bertz CT molecular complexity index is 1380. The number of hydrogen-bond acceptors (Lipinski definition) is 8. The van der Waals surface area contributed by atoms with Crippen LogP contribution in [-0.4, -0.2) is 90.3 Å². The highest BCUT2D eigenvalue weighted by atomic mass is 32.2. The van der Waals surface area contributed by atoms with Crippen LogP contribution in [-0.2, 0) is 24.8 Å². The molecule has 1 aliphatic heterocycles. The molecule has 2 aromatic carbocycles. The van der Waals surface area contributed by atoms with Gasteiger partial charge in [0.2, 0.25) is 20.0 Å². The molecule has 0 saturated heterocycles. The van der Waals surface area contributed by atoms with Crippen molar-refractivity contribution in [3.63, 3.8) is 0 Å². The summed E-state index contributed by atoms with van der Waals surface area (Å²) >= 11 is 0. The van der Waals surface area contributed by atoms with Gasteiger partial charge in [-0.25, -0.2) is 16.8 Å². The third kappa shape index (κ3) is 6.48. The summed E-state index contributed by atoms with van der Waals surface area (Å²) in [5, 5.41) is 9.80. The molecule has 3 rings (SSSR count). The predicted molar refractivity (Wildman–Crippen MR) is 142 cm³/mol. The van der Waals surface area contributed by atoms with E-state index >= 15 is 0 Å². The zero-order valence-electron chi connectivity index (χ0n) is 22.1. The van der Waals surface area contributed by atoms with E-state index in [1.807, 2.05) is 0 Å². The molecule has 1 N–H and O–H groups in total. The maximum Gasteiger partial charge on any atom is 0.247 e. The molecule has 0 spiro atoms. The largest absolute Gasteiger partial charge is 0.497 e. The number of rotatable bonds is 8. The monoisotopic (exact) mass is 566 g/mol. The van der Waals surface area contributed by atoms with Gasteiger partial charge in [-0.3, -0.25) is 0 Å². The van der Waals surface area contributed by atoms with Crippen LogP contribution in [0.5, 0.6) is 11.5 Å². The molecule has 1 heterocycles. The van der Waals surface area contributed by atoms with Crippen LogP contribution in [0.2, 0.25) is 0 Å². The number of benzene rings is 2. The number of methoxy groups -OCH3 is 2. The van der Waals surface area contributed by atoms with E-state index in [-0.39, 0.29) is 41.8 Å². The number of fused-ring (bicyclic) bond motifs is 1. The van der Waals surface area contributed by atoms with Gasteiger partial charge in [-0.15, -0.1) is 0 Å². The average Bonchev–Trinajstić information content (AvgIpc) is 2.90. The second-order valence-electron chi connectivity index (χ2n) is 9.10. The number of ether oxygens (including phenoxy) is 3. The maximum atomic E-state index is 13.6. The lowest BCUT2D eigenvalue weighted by molar-refractivity contribution is 0.0904. The average molecular weight is 567 g/mol. The van der Waals surface area contributed by atoms with E-state index in [0.29, 0.717) is 11.3 Å². The smallest absolute Gasteiger partial charge is 0.247 e. The second kappa shape index (κ2) is 12.5. The quantitative estimate of drug-likeness (QED) is 0.480. The van der Waals surface area contributed by atoms with Gasteiger partial charge >= 0.3 is 0 Å². The van der Waals surface area contributed by atoms with Crippen molar-refractivity contribution in [2.24, 2.45) is 5.92 Å². The van der Waals surface area contributed by atoms with E-state index in [1.165, 1.54) is 54.1 Å². The highest BCUT2D eigenvalue weighted by Gasteiger charge is 2.39. The molecule has 0 amide bonds. The highest BCUT2D eigenvalue weighted by molar-refractivity contribution is 7.89. The van der Waals surface area contributed by atoms with Crippen molar-refractivity contribution in [3.8, 4) is 23.3 Å². The van der Waals surface area contributed by atoms with Crippen LogP contribution in [0.25, 0.3) is 0 Å². The van der Waals surface area contributed by atoms with Crippen LogP contribution >= 0.6 is 0 Å². The molecule has 12 heteroatoms. The van der Waals surface area contributed by atoms with Crippen molar-refractivity contribution < 1.29 is 36.2 Å². The summed E-state index contributed by atoms with van der Waals surface area (Å²) in [5.74, 6) is 5.90. The second-order valence-corrected chi connectivity index (χ2v) is 13.0. The normalized spacial score (nSPS) is 20.3. The van der Waals surface area contributed by atoms with Gasteiger partial charge in [0, 0.05) is 38.2 Å². The molecular weight excluding hydrogens is 532 g/mol. The summed E-state index contributed by atoms with van der Waals surface area (Å²) in [6.07, 6.45) is -0.710.